The minimum Gasteiger partial charge on any atom is -0.366 e. The van der Waals surface area contributed by atoms with E-state index in [2.05, 4.69) is 15.3 Å². The molecule has 2 rings (SSSR count). The predicted octanol–water partition coefficient (Wildman–Crippen LogP) is 2.00. The number of hydrogen-bond acceptors (Lipinski definition) is 5. The molecule has 1 heterocycles. The fourth-order valence-electron chi connectivity index (χ4n) is 1.70. The first-order chi connectivity index (χ1) is 9.20. The maximum atomic E-state index is 5.59. The highest BCUT2D eigenvalue weighted by Gasteiger charge is 2.07. The van der Waals surface area contributed by atoms with Crippen LogP contribution in [-0.4, -0.2) is 29.6 Å². The molecule has 0 aliphatic heterocycles. The molecule has 1 aromatic heterocycles. The first-order valence-electron chi connectivity index (χ1n) is 6.28. The van der Waals surface area contributed by atoms with Gasteiger partial charge in [-0.3, -0.25) is 0 Å². The summed E-state index contributed by atoms with van der Waals surface area (Å²) in [7, 11) is 1.98. The van der Waals surface area contributed by atoms with Crippen molar-refractivity contribution in [2.45, 2.75) is 13.0 Å². The number of aromatic nitrogens is 2. The zero-order valence-electron chi connectivity index (χ0n) is 11.2. The van der Waals surface area contributed by atoms with Gasteiger partial charge >= 0.3 is 0 Å². The van der Waals surface area contributed by atoms with Crippen LogP contribution >= 0.6 is 0 Å². The van der Waals surface area contributed by atoms with E-state index in [4.69, 9.17) is 5.73 Å². The summed E-state index contributed by atoms with van der Waals surface area (Å²) in [5.74, 6) is 1.62. The average Bonchev–Trinajstić information content (AvgIpc) is 2.47. The van der Waals surface area contributed by atoms with E-state index in [0.717, 1.165) is 17.3 Å². The number of hydrogen-bond donors (Lipinski definition) is 2. The number of nitrogens with two attached hydrogens (primary N) is 1. The van der Waals surface area contributed by atoms with Crippen LogP contribution in [0.1, 0.15) is 6.92 Å². The van der Waals surface area contributed by atoms with Gasteiger partial charge in [0.2, 0.25) is 0 Å². The number of anilines is 3. The average molecular weight is 257 g/mol. The van der Waals surface area contributed by atoms with E-state index >= 15 is 0 Å². The van der Waals surface area contributed by atoms with Gasteiger partial charge < -0.3 is 16.0 Å². The van der Waals surface area contributed by atoms with Gasteiger partial charge in [0.1, 0.15) is 18.0 Å². The van der Waals surface area contributed by atoms with Crippen molar-refractivity contribution in [1.82, 2.24) is 9.97 Å². The molecule has 19 heavy (non-hydrogen) atoms. The third-order valence-corrected chi connectivity index (χ3v) is 2.89. The summed E-state index contributed by atoms with van der Waals surface area (Å²) in [5, 5.41) is 3.24. The molecular weight excluding hydrogens is 238 g/mol. The van der Waals surface area contributed by atoms with Crippen LogP contribution in [0.5, 0.6) is 0 Å². The van der Waals surface area contributed by atoms with Gasteiger partial charge in [-0.25, -0.2) is 9.97 Å². The van der Waals surface area contributed by atoms with Gasteiger partial charge in [0.05, 0.1) is 0 Å². The van der Waals surface area contributed by atoms with Gasteiger partial charge in [-0.1, -0.05) is 18.2 Å². The lowest BCUT2D eigenvalue weighted by Gasteiger charge is -2.19. The van der Waals surface area contributed by atoms with Crippen molar-refractivity contribution in [1.29, 1.82) is 0 Å². The summed E-state index contributed by atoms with van der Waals surface area (Å²) in [6, 6.07) is 12.2. The molecular formula is C14H19N5. The molecule has 5 nitrogen and oxygen atoms in total. The van der Waals surface area contributed by atoms with Crippen molar-refractivity contribution >= 4 is 17.3 Å². The van der Waals surface area contributed by atoms with Gasteiger partial charge in [-0.15, -0.1) is 0 Å². The fraction of sp³-hybridized carbons (Fsp3) is 0.286. The maximum absolute atomic E-state index is 5.59. The number of rotatable bonds is 5. The second-order valence-corrected chi connectivity index (χ2v) is 4.44. The van der Waals surface area contributed by atoms with Gasteiger partial charge in [0.15, 0.2) is 0 Å². The van der Waals surface area contributed by atoms with Crippen molar-refractivity contribution in [3.8, 4) is 0 Å². The molecule has 0 fully saturated rings. The molecule has 0 amide bonds. The Bertz CT molecular complexity index is 514. The van der Waals surface area contributed by atoms with Crippen LogP contribution in [0, 0.1) is 0 Å². The van der Waals surface area contributed by atoms with Crippen LogP contribution in [0.3, 0.4) is 0 Å². The van der Waals surface area contributed by atoms with Gasteiger partial charge in [-0.05, 0) is 19.1 Å². The lowest BCUT2D eigenvalue weighted by molar-refractivity contribution is 0.797. The van der Waals surface area contributed by atoms with Crippen molar-refractivity contribution in [2.75, 3.05) is 23.8 Å². The highest BCUT2D eigenvalue weighted by atomic mass is 15.2. The second kappa shape index (κ2) is 6.15. The smallest absolute Gasteiger partial charge is 0.138 e. The summed E-state index contributed by atoms with van der Waals surface area (Å²) in [6.45, 7) is 2.58. The molecule has 0 spiro atoms. The number of para-hydroxylation sites is 1. The summed E-state index contributed by atoms with van der Waals surface area (Å²) in [6.07, 6.45) is 1.56. The van der Waals surface area contributed by atoms with Crippen molar-refractivity contribution in [3.05, 3.63) is 42.7 Å². The zero-order valence-corrected chi connectivity index (χ0v) is 11.2. The van der Waals surface area contributed by atoms with Crippen LogP contribution < -0.4 is 16.0 Å². The van der Waals surface area contributed by atoms with Crippen molar-refractivity contribution in [2.24, 2.45) is 5.73 Å². The van der Waals surface area contributed by atoms with Crippen LogP contribution in [0.2, 0.25) is 0 Å². The Labute approximate surface area is 113 Å². The lowest BCUT2D eigenvalue weighted by Crippen LogP contribution is -2.25. The third-order valence-electron chi connectivity index (χ3n) is 2.89. The van der Waals surface area contributed by atoms with E-state index in [-0.39, 0.29) is 6.04 Å². The van der Waals surface area contributed by atoms with Gasteiger partial charge in [-0.2, -0.15) is 0 Å². The molecule has 5 heteroatoms. The summed E-state index contributed by atoms with van der Waals surface area (Å²) in [5.41, 5.74) is 6.67. The molecule has 1 aromatic carbocycles. The Balaban J connectivity index is 2.19. The zero-order chi connectivity index (χ0) is 13.7. The minimum atomic E-state index is 0.185. The molecule has 0 bridgehead atoms. The molecule has 0 aliphatic rings. The summed E-state index contributed by atoms with van der Waals surface area (Å²) < 4.78 is 0. The number of nitrogens with zero attached hydrogens (tertiary/aromatic N) is 3. The largest absolute Gasteiger partial charge is 0.366 e. The Hall–Kier alpha value is -2.14. The Kier molecular flexibility index (Phi) is 4.30. The van der Waals surface area contributed by atoms with Crippen molar-refractivity contribution in [3.63, 3.8) is 0 Å². The molecule has 0 saturated heterocycles. The fourth-order valence-corrected chi connectivity index (χ4v) is 1.70. The standard InChI is InChI=1S/C14H19N5/c1-11(9-15)18-13-8-14(17-10-16-13)19(2)12-6-4-3-5-7-12/h3-8,10-11H,9,15H2,1-2H3,(H,16,17,18). The Morgan fingerprint density at radius 2 is 2.00 bits per heavy atom. The normalized spacial score (nSPS) is 11.9. The predicted molar refractivity (Wildman–Crippen MR) is 78.7 cm³/mol. The molecule has 0 radical (unpaired) electrons. The van der Waals surface area contributed by atoms with E-state index in [0.29, 0.717) is 6.54 Å². The minimum absolute atomic E-state index is 0.185. The monoisotopic (exact) mass is 257 g/mol. The van der Waals surface area contributed by atoms with Gasteiger partial charge in [0, 0.05) is 31.4 Å². The van der Waals surface area contributed by atoms with E-state index in [1.165, 1.54) is 0 Å². The SMILES string of the molecule is CC(CN)Nc1cc(N(C)c2ccccc2)ncn1. The van der Waals surface area contributed by atoms with Crippen LogP contribution in [-0.2, 0) is 0 Å². The van der Waals surface area contributed by atoms with Crippen LogP contribution in [0.4, 0.5) is 17.3 Å². The number of benzene rings is 1. The second-order valence-electron chi connectivity index (χ2n) is 4.44. The van der Waals surface area contributed by atoms with Crippen molar-refractivity contribution < 1.29 is 0 Å². The highest BCUT2D eigenvalue weighted by molar-refractivity contribution is 5.61. The molecule has 2 aromatic rings. The molecule has 0 aliphatic carbocycles. The first kappa shape index (κ1) is 13.3. The van der Waals surface area contributed by atoms with E-state index in [9.17, 15) is 0 Å². The molecule has 100 valence electrons. The molecule has 1 atom stereocenters. The number of nitrogens with one attached hydrogen (secondary N) is 1. The summed E-state index contributed by atoms with van der Waals surface area (Å²) >= 11 is 0. The molecule has 3 N–H and O–H groups in total. The Morgan fingerprint density at radius 1 is 1.26 bits per heavy atom. The lowest BCUT2D eigenvalue weighted by atomic mass is 10.3. The Morgan fingerprint density at radius 3 is 2.68 bits per heavy atom. The maximum Gasteiger partial charge on any atom is 0.138 e. The van der Waals surface area contributed by atoms with E-state index < -0.39 is 0 Å². The summed E-state index contributed by atoms with van der Waals surface area (Å²) in [4.78, 5) is 10.5. The van der Waals surface area contributed by atoms with Gasteiger partial charge in [0.25, 0.3) is 0 Å². The van der Waals surface area contributed by atoms with Crippen LogP contribution in [0.15, 0.2) is 42.7 Å². The topological polar surface area (TPSA) is 67.1 Å². The molecule has 0 saturated carbocycles. The van der Waals surface area contributed by atoms with E-state index in [1.54, 1.807) is 6.33 Å². The molecule has 1 unspecified atom stereocenters. The highest BCUT2D eigenvalue weighted by Crippen LogP contribution is 2.22. The first-order valence-corrected chi connectivity index (χ1v) is 6.28. The third kappa shape index (κ3) is 3.42. The van der Waals surface area contributed by atoms with E-state index in [1.807, 2.05) is 55.3 Å². The van der Waals surface area contributed by atoms with Crippen LogP contribution in [0.25, 0.3) is 0 Å². The quantitative estimate of drug-likeness (QED) is 0.857.